The molecule has 1 fully saturated rings. The van der Waals surface area contributed by atoms with Crippen LogP contribution in [-0.2, 0) is 6.18 Å². The van der Waals surface area contributed by atoms with Crippen LogP contribution in [0.2, 0.25) is 0 Å². The quantitative estimate of drug-likeness (QED) is 0.857. The first-order chi connectivity index (χ1) is 10.5. The molecule has 4 nitrogen and oxygen atoms in total. The van der Waals surface area contributed by atoms with Crippen molar-refractivity contribution >= 4 is 0 Å². The van der Waals surface area contributed by atoms with Gasteiger partial charge in [-0.2, -0.15) is 13.2 Å². The van der Waals surface area contributed by atoms with Crippen LogP contribution in [0.5, 0.6) is 5.75 Å². The third-order valence-corrected chi connectivity index (χ3v) is 3.90. The van der Waals surface area contributed by atoms with E-state index in [1.165, 1.54) is 11.8 Å². The van der Waals surface area contributed by atoms with E-state index in [1.54, 1.807) is 24.3 Å². The van der Waals surface area contributed by atoms with Crippen molar-refractivity contribution in [3.8, 4) is 17.1 Å². The fraction of sp³-hybridized carbons (Fsp3) is 0.467. The number of aromatic nitrogens is 3. The molecule has 0 atom stereocenters. The summed E-state index contributed by atoms with van der Waals surface area (Å²) in [6, 6.07) is 6.80. The molecule has 7 heteroatoms. The molecule has 0 aliphatic heterocycles. The summed E-state index contributed by atoms with van der Waals surface area (Å²) in [6.07, 6.45) is -0.847. The largest absolute Gasteiger partial charge is 0.497 e. The van der Waals surface area contributed by atoms with Crippen LogP contribution in [0.3, 0.4) is 0 Å². The van der Waals surface area contributed by atoms with Crippen LogP contribution in [0.4, 0.5) is 13.2 Å². The highest BCUT2D eigenvalue weighted by atomic mass is 19.4. The van der Waals surface area contributed by atoms with Crippen molar-refractivity contribution in [3.05, 3.63) is 30.1 Å². The van der Waals surface area contributed by atoms with Gasteiger partial charge >= 0.3 is 6.18 Å². The minimum atomic E-state index is -4.54. The van der Waals surface area contributed by atoms with E-state index in [4.69, 9.17) is 4.74 Å². The minimum Gasteiger partial charge on any atom is -0.497 e. The van der Waals surface area contributed by atoms with Crippen molar-refractivity contribution in [2.75, 3.05) is 7.11 Å². The average Bonchev–Trinajstić information content (AvgIpc) is 3.15. The second-order valence-corrected chi connectivity index (χ2v) is 5.37. The Morgan fingerprint density at radius 2 is 1.77 bits per heavy atom. The summed E-state index contributed by atoms with van der Waals surface area (Å²) in [5.74, 6) is -0.168. The van der Waals surface area contributed by atoms with Crippen molar-refractivity contribution in [3.63, 3.8) is 0 Å². The zero-order chi connectivity index (χ0) is 15.7. The topological polar surface area (TPSA) is 39.9 Å². The molecule has 118 valence electrons. The highest BCUT2D eigenvalue weighted by molar-refractivity contribution is 5.56. The Morgan fingerprint density at radius 3 is 2.32 bits per heavy atom. The lowest BCUT2D eigenvalue weighted by atomic mass is 10.2. The molecular formula is C15H16F3N3O. The molecule has 0 amide bonds. The van der Waals surface area contributed by atoms with E-state index in [0.717, 1.165) is 25.7 Å². The van der Waals surface area contributed by atoms with Gasteiger partial charge in [0.2, 0.25) is 0 Å². The molecule has 1 aromatic carbocycles. The predicted molar refractivity (Wildman–Crippen MR) is 74.5 cm³/mol. The van der Waals surface area contributed by atoms with E-state index in [2.05, 4.69) is 10.1 Å². The third-order valence-electron chi connectivity index (χ3n) is 3.90. The SMILES string of the molecule is COc1ccc(-c2nc(C(F)(F)F)nn2C2CCCC2)cc1. The molecule has 0 bridgehead atoms. The van der Waals surface area contributed by atoms with Gasteiger partial charge in [0.15, 0.2) is 5.82 Å². The Morgan fingerprint density at radius 1 is 1.14 bits per heavy atom. The van der Waals surface area contributed by atoms with Gasteiger partial charge in [-0.05, 0) is 37.1 Å². The predicted octanol–water partition coefficient (Wildman–Crippen LogP) is 4.09. The van der Waals surface area contributed by atoms with Crippen LogP contribution in [-0.4, -0.2) is 21.9 Å². The third kappa shape index (κ3) is 2.80. The van der Waals surface area contributed by atoms with Crippen LogP contribution >= 0.6 is 0 Å². The van der Waals surface area contributed by atoms with Crippen molar-refractivity contribution in [2.24, 2.45) is 0 Å². The summed E-state index contributed by atoms with van der Waals surface area (Å²) in [5, 5.41) is 3.73. The molecule has 0 saturated heterocycles. The first-order valence-electron chi connectivity index (χ1n) is 7.17. The van der Waals surface area contributed by atoms with Crippen molar-refractivity contribution in [1.82, 2.24) is 14.8 Å². The van der Waals surface area contributed by atoms with Gasteiger partial charge in [0.05, 0.1) is 13.2 Å². The molecule has 3 rings (SSSR count). The fourth-order valence-electron chi connectivity index (χ4n) is 2.78. The van der Waals surface area contributed by atoms with Gasteiger partial charge in [0.1, 0.15) is 5.75 Å². The Bertz CT molecular complexity index is 643. The maximum atomic E-state index is 12.9. The van der Waals surface area contributed by atoms with E-state index in [-0.39, 0.29) is 11.9 Å². The Balaban J connectivity index is 2.05. The molecule has 1 aliphatic carbocycles. The van der Waals surface area contributed by atoms with E-state index in [9.17, 15) is 13.2 Å². The van der Waals surface area contributed by atoms with E-state index >= 15 is 0 Å². The maximum absolute atomic E-state index is 12.9. The van der Waals surface area contributed by atoms with Crippen molar-refractivity contribution < 1.29 is 17.9 Å². The van der Waals surface area contributed by atoms with Crippen molar-refractivity contribution in [2.45, 2.75) is 37.9 Å². The number of rotatable bonds is 3. The number of nitrogens with zero attached hydrogens (tertiary/aromatic N) is 3. The van der Waals surface area contributed by atoms with Gasteiger partial charge in [0, 0.05) is 5.56 Å². The van der Waals surface area contributed by atoms with Gasteiger partial charge < -0.3 is 4.74 Å². The van der Waals surface area contributed by atoms with Gasteiger partial charge in [-0.15, -0.1) is 5.10 Å². The molecule has 22 heavy (non-hydrogen) atoms. The van der Waals surface area contributed by atoms with Crippen LogP contribution in [0, 0.1) is 0 Å². The van der Waals surface area contributed by atoms with Crippen LogP contribution < -0.4 is 4.74 Å². The van der Waals surface area contributed by atoms with Crippen molar-refractivity contribution in [1.29, 1.82) is 0 Å². The van der Waals surface area contributed by atoms with E-state index in [1.807, 2.05) is 0 Å². The maximum Gasteiger partial charge on any atom is 0.453 e. The van der Waals surface area contributed by atoms with Gasteiger partial charge in [-0.25, -0.2) is 9.67 Å². The first kappa shape index (κ1) is 14.9. The monoisotopic (exact) mass is 311 g/mol. The van der Waals surface area contributed by atoms with Gasteiger partial charge in [0.25, 0.3) is 5.82 Å². The number of halogens is 3. The Hall–Kier alpha value is -2.05. The number of methoxy groups -OCH3 is 1. The summed E-state index contributed by atoms with van der Waals surface area (Å²) in [5.41, 5.74) is 0.607. The zero-order valence-corrected chi connectivity index (χ0v) is 12.1. The molecule has 1 heterocycles. The standard InChI is InChI=1S/C15H16F3N3O/c1-22-12-8-6-10(7-9-12)13-19-14(15(16,17)18)20-21(13)11-4-2-3-5-11/h6-9,11H,2-5H2,1H3. The summed E-state index contributed by atoms with van der Waals surface area (Å²) in [4.78, 5) is 3.74. The molecule has 0 N–H and O–H groups in total. The number of ether oxygens (including phenoxy) is 1. The zero-order valence-electron chi connectivity index (χ0n) is 12.1. The molecule has 0 unspecified atom stereocenters. The lowest BCUT2D eigenvalue weighted by Crippen LogP contribution is -2.11. The molecule has 1 saturated carbocycles. The lowest BCUT2D eigenvalue weighted by Gasteiger charge is -2.12. The molecule has 0 radical (unpaired) electrons. The molecule has 1 aliphatic rings. The summed E-state index contributed by atoms with van der Waals surface area (Å²) >= 11 is 0. The Kier molecular flexibility index (Phi) is 3.80. The molecule has 0 spiro atoms. The number of hydrogen-bond donors (Lipinski definition) is 0. The van der Waals surface area contributed by atoms with Crippen LogP contribution in [0.1, 0.15) is 37.5 Å². The van der Waals surface area contributed by atoms with E-state index < -0.39 is 12.0 Å². The average molecular weight is 311 g/mol. The molecule has 2 aromatic rings. The highest BCUT2D eigenvalue weighted by Crippen LogP contribution is 2.35. The number of alkyl halides is 3. The molecular weight excluding hydrogens is 295 g/mol. The highest BCUT2D eigenvalue weighted by Gasteiger charge is 2.38. The second-order valence-electron chi connectivity index (χ2n) is 5.37. The first-order valence-corrected chi connectivity index (χ1v) is 7.17. The lowest BCUT2D eigenvalue weighted by molar-refractivity contribution is -0.145. The van der Waals surface area contributed by atoms with Gasteiger partial charge in [-0.1, -0.05) is 12.8 Å². The summed E-state index contributed by atoms with van der Waals surface area (Å²) in [7, 11) is 1.54. The number of hydrogen-bond acceptors (Lipinski definition) is 3. The fourth-order valence-corrected chi connectivity index (χ4v) is 2.78. The number of benzene rings is 1. The normalized spacial score (nSPS) is 16.2. The van der Waals surface area contributed by atoms with Crippen LogP contribution in [0.15, 0.2) is 24.3 Å². The smallest absolute Gasteiger partial charge is 0.453 e. The molecule has 1 aromatic heterocycles. The summed E-state index contributed by atoms with van der Waals surface area (Å²) in [6.45, 7) is 0. The Labute approximate surface area is 125 Å². The van der Waals surface area contributed by atoms with Gasteiger partial charge in [-0.3, -0.25) is 0 Å². The minimum absolute atomic E-state index is 0.0132. The van der Waals surface area contributed by atoms with E-state index in [0.29, 0.717) is 11.3 Å². The summed E-state index contributed by atoms with van der Waals surface area (Å²) < 4.78 is 45.3. The van der Waals surface area contributed by atoms with Crippen LogP contribution in [0.25, 0.3) is 11.4 Å². The second kappa shape index (κ2) is 5.62.